The number of para-hydroxylation sites is 1. The van der Waals surface area contributed by atoms with Crippen molar-refractivity contribution in [1.82, 2.24) is 14.8 Å². The molecular weight excluding hydrogens is 334 g/mol. The molecule has 0 spiro atoms. The summed E-state index contributed by atoms with van der Waals surface area (Å²) in [5.41, 5.74) is 2.03. The second-order valence-electron chi connectivity index (χ2n) is 7.22. The van der Waals surface area contributed by atoms with E-state index >= 15 is 0 Å². The number of amides is 1. The fourth-order valence-corrected chi connectivity index (χ4v) is 4.05. The highest BCUT2D eigenvalue weighted by Gasteiger charge is 2.35. The molecule has 2 N–H and O–H groups in total. The Morgan fingerprint density at radius 2 is 2.04 bits per heavy atom. The lowest BCUT2D eigenvalue weighted by atomic mass is 10.1. The molecule has 2 bridgehead atoms. The molecule has 0 radical (unpaired) electrons. The Bertz CT molecular complexity index is 818. The Morgan fingerprint density at radius 1 is 1.19 bits per heavy atom. The minimum Gasteiger partial charge on any atom is -0.480 e. The molecule has 0 unspecified atom stereocenters. The van der Waals surface area contributed by atoms with E-state index in [0.29, 0.717) is 39.3 Å². The van der Waals surface area contributed by atoms with Crippen LogP contribution in [0.5, 0.6) is 0 Å². The van der Waals surface area contributed by atoms with Crippen molar-refractivity contribution in [3.05, 3.63) is 36.0 Å². The number of nitrogens with zero attached hydrogens (tertiary/aromatic N) is 2. The van der Waals surface area contributed by atoms with Crippen molar-refractivity contribution in [2.24, 2.45) is 5.92 Å². The molecule has 2 aliphatic heterocycles. The van der Waals surface area contributed by atoms with E-state index in [9.17, 15) is 9.59 Å². The minimum atomic E-state index is -0.839. The van der Waals surface area contributed by atoms with Gasteiger partial charge in [0.25, 0.3) is 0 Å². The van der Waals surface area contributed by atoms with Crippen LogP contribution in [0.2, 0.25) is 0 Å². The SMILES string of the molecule is O=C(O)CN1C[C@H]2COC[C@@H]1CN(C(=O)Cc1c[nH]c3ccccc13)C2. The van der Waals surface area contributed by atoms with E-state index in [1.165, 1.54) is 0 Å². The largest absolute Gasteiger partial charge is 0.480 e. The molecule has 7 heteroatoms. The number of rotatable bonds is 4. The van der Waals surface area contributed by atoms with E-state index in [1.807, 2.05) is 40.3 Å². The highest BCUT2D eigenvalue weighted by Crippen LogP contribution is 2.22. The Balaban J connectivity index is 1.50. The van der Waals surface area contributed by atoms with Crippen LogP contribution in [0.15, 0.2) is 30.5 Å². The zero-order valence-electron chi connectivity index (χ0n) is 14.6. The van der Waals surface area contributed by atoms with Crippen molar-refractivity contribution in [3.63, 3.8) is 0 Å². The van der Waals surface area contributed by atoms with Gasteiger partial charge in [-0.05, 0) is 11.6 Å². The maximum atomic E-state index is 13.0. The third-order valence-electron chi connectivity index (χ3n) is 5.29. The number of nitrogens with one attached hydrogen (secondary N) is 1. The van der Waals surface area contributed by atoms with Crippen molar-refractivity contribution in [3.8, 4) is 0 Å². The van der Waals surface area contributed by atoms with E-state index in [1.54, 1.807) is 0 Å². The van der Waals surface area contributed by atoms with Crippen LogP contribution in [-0.4, -0.2) is 77.2 Å². The third-order valence-corrected chi connectivity index (χ3v) is 5.29. The molecule has 26 heavy (non-hydrogen) atoms. The standard InChI is InChI=1S/C19H23N3O4/c23-18(5-14-6-20-17-4-2-1-3-16(14)17)22-8-13-7-21(10-19(24)25)15(9-22)12-26-11-13/h1-4,6,13,15,20H,5,7-12H2,(H,24,25)/t13-,15+/m1/s1. The number of ether oxygens (including phenoxy) is 1. The van der Waals surface area contributed by atoms with E-state index in [4.69, 9.17) is 9.84 Å². The Kier molecular flexibility index (Phi) is 4.65. The Morgan fingerprint density at radius 3 is 2.88 bits per heavy atom. The molecule has 1 aromatic carbocycles. The van der Waals surface area contributed by atoms with Crippen molar-refractivity contribution in [2.45, 2.75) is 12.5 Å². The van der Waals surface area contributed by atoms with E-state index in [-0.39, 0.29) is 24.4 Å². The lowest BCUT2D eigenvalue weighted by molar-refractivity contribution is -0.139. The van der Waals surface area contributed by atoms with Gasteiger partial charge in [0.1, 0.15) is 0 Å². The maximum Gasteiger partial charge on any atom is 0.317 e. The summed E-state index contributed by atoms with van der Waals surface area (Å²) in [6, 6.07) is 7.90. The topological polar surface area (TPSA) is 85.9 Å². The highest BCUT2D eigenvalue weighted by molar-refractivity contribution is 5.88. The van der Waals surface area contributed by atoms with Crippen molar-refractivity contribution in [1.29, 1.82) is 0 Å². The smallest absolute Gasteiger partial charge is 0.317 e. The molecule has 1 aromatic heterocycles. The van der Waals surface area contributed by atoms with Crippen LogP contribution in [0.25, 0.3) is 10.9 Å². The van der Waals surface area contributed by atoms with Gasteiger partial charge >= 0.3 is 5.97 Å². The first-order valence-electron chi connectivity index (χ1n) is 8.96. The van der Waals surface area contributed by atoms with Crippen molar-refractivity contribution in [2.75, 3.05) is 39.4 Å². The second-order valence-corrected chi connectivity index (χ2v) is 7.22. The van der Waals surface area contributed by atoms with Gasteiger partial charge in [0.05, 0.1) is 32.2 Å². The summed E-state index contributed by atoms with van der Waals surface area (Å²) >= 11 is 0. The first kappa shape index (κ1) is 17.1. The number of hydrogen-bond donors (Lipinski definition) is 2. The number of aliphatic carboxylic acids is 1. The van der Waals surface area contributed by atoms with Crippen LogP contribution >= 0.6 is 0 Å². The van der Waals surface area contributed by atoms with Gasteiger partial charge in [0, 0.05) is 42.7 Å². The number of H-pyrrole nitrogens is 1. The summed E-state index contributed by atoms with van der Waals surface area (Å²) in [7, 11) is 0. The van der Waals surface area contributed by atoms with Crippen molar-refractivity contribution < 1.29 is 19.4 Å². The van der Waals surface area contributed by atoms with Gasteiger partial charge in [-0.15, -0.1) is 0 Å². The molecule has 3 heterocycles. The monoisotopic (exact) mass is 357 g/mol. The van der Waals surface area contributed by atoms with Gasteiger partial charge in [0.2, 0.25) is 5.91 Å². The summed E-state index contributed by atoms with van der Waals surface area (Å²) < 4.78 is 5.69. The predicted octanol–water partition coefficient (Wildman–Crippen LogP) is 0.954. The molecule has 2 atom stereocenters. The quantitative estimate of drug-likeness (QED) is 0.851. The molecule has 0 aliphatic carbocycles. The predicted molar refractivity (Wildman–Crippen MR) is 95.9 cm³/mol. The summed E-state index contributed by atoms with van der Waals surface area (Å²) in [5.74, 6) is -0.605. The van der Waals surface area contributed by atoms with Crippen LogP contribution in [-0.2, 0) is 20.7 Å². The van der Waals surface area contributed by atoms with Gasteiger partial charge in [-0.3, -0.25) is 14.5 Å². The number of hydrogen-bond acceptors (Lipinski definition) is 4. The van der Waals surface area contributed by atoms with Crippen LogP contribution in [0.3, 0.4) is 0 Å². The second kappa shape index (κ2) is 7.09. The number of fused-ring (bicyclic) bond motifs is 4. The normalized spacial score (nSPS) is 23.8. The molecule has 0 saturated carbocycles. The van der Waals surface area contributed by atoms with E-state index in [2.05, 4.69) is 4.98 Å². The summed E-state index contributed by atoms with van der Waals surface area (Å²) in [4.78, 5) is 31.2. The number of carbonyl (C=O) groups excluding carboxylic acids is 1. The highest BCUT2D eigenvalue weighted by atomic mass is 16.5. The van der Waals surface area contributed by atoms with Gasteiger partial charge < -0.3 is 19.7 Å². The van der Waals surface area contributed by atoms with Crippen LogP contribution in [0.4, 0.5) is 0 Å². The molecule has 2 saturated heterocycles. The lowest BCUT2D eigenvalue weighted by Crippen LogP contribution is -2.47. The Hall–Kier alpha value is -2.38. The van der Waals surface area contributed by atoms with Crippen LogP contribution in [0.1, 0.15) is 5.56 Å². The maximum absolute atomic E-state index is 13.0. The van der Waals surface area contributed by atoms with E-state index in [0.717, 1.165) is 16.5 Å². The number of benzene rings is 1. The molecule has 4 rings (SSSR count). The number of aromatic nitrogens is 1. The fourth-order valence-electron chi connectivity index (χ4n) is 4.05. The zero-order valence-corrected chi connectivity index (χ0v) is 14.6. The first-order chi connectivity index (χ1) is 12.6. The van der Waals surface area contributed by atoms with Gasteiger partial charge in [-0.1, -0.05) is 18.2 Å². The molecule has 2 fully saturated rings. The minimum absolute atomic E-state index is 0.00496. The average Bonchev–Trinajstić information content (AvgIpc) is 2.79. The lowest BCUT2D eigenvalue weighted by Gasteiger charge is -2.30. The number of aromatic amines is 1. The molecule has 7 nitrogen and oxygen atoms in total. The summed E-state index contributed by atoms with van der Waals surface area (Å²) in [5, 5.41) is 10.2. The molecule has 2 aliphatic rings. The van der Waals surface area contributed by atoms with Crippen molar-refractivity contribution >= 4 is 22.8 Å². The number of carboxylic acids is 1. The molecule has 138 valence electrons. The fraction of sp³-hybridized carbons (Fsp3) is 0.474. The van der Waals surface area contributed by atoms with Gasteiger partial charge in [-0.25, -0.2) is 0 Å². The molecule has 1 amide bonds. The summed E-state index contributed by atoms with van der Waals surface area (Å²) in [6.45, 7) is 2.84. The molecular formula is C19H23N3O4. The number of carbonyl (C=O) groups is 2. The summed E-state index contributed by atoms with van der Waals surface area (Å²) in [6.07, 6.45) is 2.25. The first-order valence-corrected chi connectivity index (χ1v) is 8.96. The zero-order chi connectivity index (χ0) is 18.1. The Labute approximate surface area is 151 Å². The average molecular weight is 357 g/mol. The van der Waals surface area contributed by atoms with E-state index < -0.39 is 5.97 Å². The van der Waals surface area contributed by atoms with Gasteiger partial charge in [0.15, 0.2) is 0 Å². The van der Waals surface area contributed by atoms with Crippen LogP contribution < -0.4 is 0 Å². The van der Waals surface area contributed by atoms with Gasteiger partial charge in [-0.2, -0.15) is 0 Å². The molecule has 2 aromatic rings. The van der Waals surface area contributed by atoms with Crippen LogP contribution in [0, 0.1) is 5.92 Å². The third kappa shape index (κ3) is 3.45. The number of carboxylic acid groups (broad SMARTS) is 1.